The molecule has 0 bridgehead atoms. The van der Waals surface area contributed by atoms with E-state index in [1.165, 1.54) is 11.3 Å². The van der Waals surface area contributed by atoms with E-state index in [-0.39, 0.29) is 5.91 Å². The van der Waals surface area contributed by atoms with Gasteiger partial charge in [-0.25, -0.2) is 4.98 Å². The monoisotopic (exact) mass is 412 g/mol. The summed E-state index contributed by atoms with van der Waals surface area (Å²) in [4.78, 5) is 18.5. The summed E-state index contributed by atoms with van der Waals surface area (Å²) < 4.78 is 3.79. The van der Waals surface area contributed by atoms with Crippen LogP contribution in [0.25, 0.3) is 11.3 Å². The first-order valence-corrected chi connectivity index (χ1v) is 9.89. The van der Waals surface area contributed by atoms with Gasteiger partial charge in [0.2, 0.25) is 0 Å². The maximum absolute atomic E-state index is 12.4. The van der Waals surface area contributed by atoms with Gasteiger partial charge >= 0.3 is 0 Å². The first kappa shape index (κ1) is 18.3. The van der Waals surface area contributed by atoms with Crippen molar-refractivity contribution in [2.45, 2.75) is 26.7 Å². The fourth-order valence-corrected chi connectivity index (χ4v) is 4.41. The van der Waals surface area contributed by atoms with Gasteiger partial charge in [-0.15, -0.1) is 16.4 Å². The molecular formula is C16H14Cl2N4OS2. The van der Waals surface area contributed by atoms with E-state index in [0.29, 0.717) is 25.7 Å². The smallest absolute Gasteiger partial charge is 0.271 e. The van der Waals surface area contributed by atoms with Crippen LogP contribution in [0.5, 0.6) is 0 Å². The second-order valence-electron chi connectivity index (χ2n) is 5.31. The lowest BCUT2D eigenvalue weighted by atomic mass is 10.1. The van der Waals surface area contributed by atoms with Gasteiger partial charge in [-0.3, -0.25) is 10.1 Å². The Morgan fingerprint density at radius 1 is 1.32 bits per heavy atom. The summed E-state index contributed by atoms with van der Waals surface area (Å²) in [7, 11) is 0. The molecule has 0 saturated heterocycles. The number of hydrogen-bond donors (Lipinski definition) is 1. The zero-order valence-corrected chi connectivity index (χ0v) is 16.6. The van der Waals surface area contributed by atoms with Crippen molar-refractivity contribution in [3.05, 3.63) is 43.7 Å². The third-order valence-corrected chi connectivity index (χ3v) is 5.84. The molecule has 0 fully saturated rings. The van der Waals surface area contributed by atoms with Crippen molar-refractivity contribution in [2.24, 2.45) is 0 Å². The molecule has 9 heteroatoms. The summed E-state index contributed by atoms with van der Waals surface area (Å²) in [5.74, 6) is -0.252. The van der Waals surface area contributed by atoms with Gasteiger partial charge in [0, 0.05) is 15.5 Å². The molecule has 0 aliphatic heterocycles. The fourth-order valence-electron chi connectivity index (χ4n) is 2.29. The van der Waals surface area contributed by atoms with E-state index >= 15 is 0 Å². The van der Waals surface area contributed by atoms with Gasteiger partial charge in [-0.05, 0) is 43.1 Å². The van der Waals surface area contributed by atoms with Gasteiger partial charge in [0.15, 0.2) is 5.13 Å². The molecule has 130 valence electrons. The van der Waals surface area contributed by atoms with Crippen LogP contribution in [0.1, 0.15) is 33.6 Å². The van der Waals surface area contributed by atoms with E-state index in [9.17, 15) is 4.79 Å². The third-order valence-electron chi connectivity index (χ3n) is 3.44. The summed E-state index contributed by atoms with van der Waals surface area (Å²) in [5, 5.41) is 8.33. The third kappa shape index (κ3) is 4.00. The molecule has 2 aromatic heterocycles. The van der Waals surface area contributed by atoms with E-state index in [4.69, 9.17) is 23.2 Å². The zero-order chi connectivity index (χ0) is 18.0. The average molecular weight is 413 g/mol. The number of nitrogens with zero attached hydrogens (tertiary/aromatic N) is 3. The van der Waals surface area contributed by atoms with Gasteiger partial charge in [0.25, 0.3) is 5.91 Å². The molecule has 0 spiro atoms. The van der Waals surface area contributed by atoms with Crippen LogP contribution in [0, 0.1) is 6.92 Å². The number of aromatic nitrogens is 3. The minimum Gasteiger partial charge on any atom is -0.297 e. The molecule has 0 aliphatic carbocycles. The molecule has 5 nitrogen and oxygen atoms in total. The van der Waals surface area contributed by atoms with Crippen molar-refractivity contribution in [3.8, 4) is 11.3 Å². The minimum atomic E-state index is -0.252. The predicted molar refractivity (Wildman–Crippen MR) is 104 cm³/mol. The Bertz CT molecular complexity index is 923. The number of benzene rings is 1. The number of thiazole rings is 1. The van der Waals surface area contributed by atoms with Crippen molar-refractivity contribution < 1.29 is 4.79 Å². The Kier molecular flexibility index (Phi) is 5.68. The van der Waals surface area contributed by atoms with Crippen LogP contribution in [-0.2, 0) is 6.42 Å². The summed E-state index contributed by atoms with van der Waals surface area (Å²) in [6.45, 7) is 3.85. The number of nitrogens with one attached hydrogen (secondary N) is 1. The van der Waals surface area contributed by atoms with Crippen LogP contribution in [0.15, 0.2) is 18.2 Å². The highest BCUT2D eigenvalue weighted by atomic mass is 35.5. The average Bonchev–Trinajstić information content (AvgIpc) is 3.14. The number of carbonyl (C=O) groups is 1. The molecule has 1 aromatic carbocycles. The van der Waals surface area contributed by atoms with Gasteiger partial charge < -0.3 is 0 Å². The number of hydrogen-bond acceptors (Lipinski definition) is 6. The van der Waals surface area contributed by atoms with Gasteiger partial charge in [0.1, 0.15) is 4.88 Å². The molecular weight excluding hydrogens is 399 g/mol. The molecule has 0 aliphatic rings. The Morgan fingerprint density at radius 2 is 2.12 bits per heavy atom. The normalized spacial score (nSPS) is 10.9. The van der Waals surface area contributed by atoms with Crippen LogP contribution >= 0.6 is 46.1 Å². The molecule has 0 radical (unpaired) electrons. The van der Waals surface area contributed by atoms with Gasteiger partial charge in [0.05, 0.1) is 16.4 Å². The van der Waals surface area contributed by atoms with Crippen molar-refractivity contribution in [1.29, 1.82) is 0 Å². The van der Waals surface area contributed by atoms with Gasteiger partial charge in [-0.1, -0.05) is 41.0 Å². The van der Waals surface area contributed by atoms with Crippen molar-refractivity contribution in [2.75, 3.05) is 5.32 Å². The van der Waals surface area contributed by atoms with E-state index < -0.39 is 0 Å². The number of carbonyl (C=O) groups excluding carboxylic acids is 1. The van der Waals surface area contributed by atoms with E-state index in [2.05, 4.69) is 26.8 Å². The standard InChI is InChI=1S/C16H14Cl2N4OS2/c1-3-4-12-13(10-6-5-9(17)7-11(10)18)19-16(24-12)20-15(23)14-8(2)21-22-25-14/h5-7H,3-4H2,1-2H3,(H,19,20,23). The number of rotatable bonds is 5. The quantitative estimate of drug-likeness (QED) is 0.601. The number of anilines is 1. The molecule has 0 unspecified atom stereocenters. The highest BCUT2D eigenvalue weighted by molar-refractivity contribution is 7.16. The molecule has 25 heavy (non-hydrogen) atoms. The van der Waals surface area contributed by atoms with Crippen LogP contribution in [-0.4, -0.2) is 20.5 Å². The Hall–Kier alpha value is -1.54. The first-order valence-electron chi connectivity index (χ1n) is 7.55. The summed E-state index contributed by atoms with van der Waals surface area (Å²) in [6, 6.07) is 5.32. The maximum Gasteiger partial charge on any atom is 0.271 e. The molecule has 1 amide bonds. The van der Waals surface area contributed by atoms with Crippen molar-refractivity contribution in [3.63, 3.8) is 0 Å². The topological polar surface area (TPSA) is 67.8 Å². The van der Waals surface area contributed by atoms with Crippen LogP contribution in [0.4, 0.5) is 5.13 Å². The molecule has 1 N–H and O–H groups in total. The zero-order valence-electron chi connectivity index (χ0n) is 13.5. The number of halogens is 2. The largest absolute Gasteiger partial charge is 0.297 e. The van der Waals surface area contributed by atoms with E-state index in [1.54, 1.807) is 19.1 Å². The van der Waals surface area contributed by atoms with Crippen LogP contribution < -0.4 is 5.32 Å². The van der Waals surface area contributed by atoms with Gasteiger partial charge in [-0.2, -0.15) is 0 Å². The minimum absolute atomic E-state index is 0.252. The highest BCUT2D eigenvalue weighted by Crippen LogP contribution is 2.37. The lowest BCUT2D eigenvalue weighted by Crippen LogP contribution is -2.11. The van der Waals surface area contributed by atoms with Crippen molar-refractivity contribution in [1.82, 2.24) is 14.6 Å². The summed E-state index contributed by atoms with van der Waals surface area (Å²) >= 11 is 14.8. The van der Waals surface area contributed by atoms with Crippen molar-refractivity contribution >= 4 is 57.1 Å². The number of amides is 1. The molecule has 3 aromatic rings. The lowest BCUT2D eigenvalue weighted by molar-refractivity contribution is 0.103. The number of aryl methyl sites for hydroxylation is 2. The summed E-state index contributed by atoms with van der Waals surface area (Å²) in [5.41, 5.74) is 2.19. The van der Waals surface area contributed by atoms with E-state index in [1.807, 2.05) is 6.07 Å². The SMILES string of the molecule is CCCc1sc(NC(=O)c2snnc2C)nc1-c1ccc(Cl)cc1Cl. The van der Waals surface area contributed by atoms with E-state index in [0.717, 1.165) is 40.5 Å². The Morgan fingerprint density at radius 3 is 2.76 bits per heavy atom. The maximum atomic E-state index is 12.4. The van der Waals surface area contributed by atoms with Crippen LogP contribution in [0.3, 0.4) is 0 Å². The second-order valence-corrected chi connectivity index (χ2v) is 7.99. The predicted octanol–water partition coefficient (Wildman–Crippen LogP) is 5.48. The molecule has 2 heterocycles. The summed E-state index contributed by atoms with van der Waals surface area (Å²) in [6.07, 6.45) is 1.81. The highest BCUT2D eigenvalue weighted by Gasteiger charge is 2.19. The molecule has 3 rings (SSSR count). The van der Waals surface area contributed by atoms with Crippen LogP contribution in [0.2, 0.25) is 10.0 Å². The molecule has 0 saturated carbocycles. The fraction of sp³-hybridized carbons (Fsp3) is 0.250. The molecule has 0 atom stereocenters. The first-order chi connectivity index (χ1) is 12.0. The Balaban J connectivity index is 1.94. The lowest BCUT2D eigenvalue weighted by Gasteiger charge is -2.04. The Labute approximate surface area is 163 Å². The second kappa shape index (κ2) is 7.78.